The Morgan fingerprint density at radius 1 is 1.36 bits per heavy atom. The molecule has 1 aromatic rings. The Bertz CT molecular complexity index is 660. The topological polar surface area (TPSA) is 51.2 Å². The van der Waals surface area contributed by atoms with E-state index in [1.54, 1.807) is 19.0 Å². The summed E-state index contributed by atoms with van der Waals surface area (Å²) >= 11 is 2.00. The van der Waals surface area contributed by atoms with Gasteiger partial charge in [0.25, 0.3) is 0 Å². The largest absolute Gasteiger partial charge is 0.454 e. The highest BCUT2D eigenvalue weighted by atomic mass is 32.2. The van der Waals surface area contributed by atoms with Crippen LogP contribution in [0.2, 0.25) is 0 Å². The molecule has 0 bridgehead atoms. The van der Waals surface area contributed by atoms with Crippen LogP contribution in [0, 0.1) is 0 Å². The molecule has 1 amide bonds. The number of amides is 1. The molecule has 2 saturated heterocycles. The molecule has 1 spiro atoms. The molecular formula is C18H24N2O4S. The molecule has 0 N–H and O–H groups in total. The van der Waals surface area contributed by atoms with Crippen molar-refractivity contribution in [3.8, 4) is 11.5 Å². The second kappa shape index (κ2) is 6.70. The van der Waals surface area contributed by atoms with Crippen LogP contribution in [0.25, 0.3) is 0 Å². The third kappa shape index (κ3) is 3.59. The monoisotopic (exact) mass is 364 g/mol. The van der Waals surface area contributed by atoms with Crippen molar-refractivity contribution in [1.82, 2.24) is 9.80 Å². The summed E-state index contributed by atoms with van der Waals surface area (Å²) in [6.45, 7) is 3.60. The molecule has 4 rings (SSSR count). The second-order valence-electron chi connectivity index (χ2n) is 7.25. The van der Waals surface area contributed by atoms with Gasteiger partial charge in [-0.3, -0.25) is 9.69 Å². The zero-order valence-corrected chi connectivity index (χ0v) is 15.5. The lowest BCUT2D eigenvalue weighted by molar-refractivity contribution is -0.135. The summed E-state index contributed by atoms with van der Waals surface area (Å²) in [4.78, 5) is 15.7. The maximum atomic E-state index is 11.6. The quantitative estimate of drug-likeness (QED) is 0.791. The van der Waals surface area contributed by atoms with Crippen molar-refractivity contribution in [2.24, 2.45) is 0 Å². The van der Waals surface area contributed by atoms with Crippen molar-refractivity contribution in [3.05, 3.63) is 23.8 Å². The number of hydrogen-bond acceptors (Lipinski definition) is 6. The van der Waals surface area contributed by atoms with Crippen molar-refractivity contribution in [1.29, 1.82) is 0 Å². The molecule has 7 heteroatoms. The third-order valence-electron chi connectivity index (χ3n) is 4.98. The van der Waals surface area contributed by atoms with Crippen LogP contribution in [0.3, 0.4) is 0 Å². The number of fused-ring (bicyclic) bond motifs is 1. The van der Waals surface area contributed by atoms with Crippen LogP contribution in [-0.4, -0.2) is 72.9 Å². The molecule has 6 nitrogen and oxygen atoms in total. The summed E-state index contributed by atoms with van der Waals surface area (Å²) < 4.78 is 16.9. The summed E-state index contributed by atoms with van der Waals surface area (Å²) in [5.41, 5.74) is 1.26. The third-order valence-corrected chi connectivity index (χ3v) is 6.56. The molecule has 25 heavy (non-hydrogen) atoms. The maximum Gasteiger partial charge on any atom is 0.248 e. The fourth-order valence-corrected chi connectivity index (χ4v) is 5.23. The molecule has 0 radical (unpaired) electrons. The normalized spacial score (nSPS) is 23.7. The van der Waals surface area contributed by atoms with Gasteiger partial charge >= 0.3 is 0 Å². The van der Waals surface area contributed by atoms with Gasteiger partial charge in [-0.2, -0.15) is 0 Å². The zero-order valence-electron chi connectivity index (χ0n) is 14.7. The van der Waals surface area contributed by atoms with Gasteiger partial charge in [-0.05, 0) is 24.1 Å². The standard InChI is InChI=1S/C18H24N2O4S/c1-19(2)17(21)8-22-14-6-18(25-9-14)10-20(11-18)7-13-3-4-15-16(5-13)24-12-23-15/h3-5,14H,6-12H2,1-2H3/t14-/m1/s1. The molecule has 1 aromatic carbocycles. The van der Waals surface area contributed by atoms with E-state index in [4.69, 9.17) is 14.2 Å². The maximum absolute atomic E-state index is 11.6. The molecule has 0 saturated carbocycles. The fraction of sp³-hybridized carbons (Fsp3) is 0.611. The van der Waals surface area contributed by atoms with Crippen molar-refractivity contribution in [3.63, 3.8) is 0 Å². The SMILES string of the molecule is CN(C)C(=O)CO[C@H]1CSC2(C1)CN(Cc1ccc3c(c1)OCO3)C2. The Labute approximate surface area is 152 Å². The van der Waals surface area contributed by atoms with Gasteiger partial charge in [-0.1, -0.05) is 6.07 Å². The minimum absolute atomic E-state index is 0.0315. The number of carbonyl (C=O) groups excluding carboxylic acids is 1. The molecule has 3 aliphatic heterocycles. The first-order chi connectivity index (χ1) is 12.0. The Morgan fingerprint density at radius 3 is 2.96 bits per heavy atom. The second-order valence-corrected chi connectivity index (χ2v) is 8.74. The van der Waals surface area contributed by atoms with E-state index in [9.17, 15) is 4.79 Å². The van der Waals surface area contributed by atoms with Crippen molar-refractivity contribution in [2.45, 2.75) is 23.8 Å². The lowest BCUT2D eigenvalue weighted by atomic mass is 9.92. The van der Waals surface area contributed by atoms with Crippen LogP contribution >= 0.6 is 11.8 Å². The van der Waals surface area contributed by atoms with E-state index < -0.39 is 0 Å². The minimum Gasteiger partial charge on any atom is -0.454 e. The van der Waals surface area contributed by atoms with Crippen LogP contribution in [0.15, 0.2) is 18.2 Å². The summed E-state index contributed by atoms with van der Waals surface area (Å²) in [5, 5.41) is 0. The predicted molar refractivity (Wildman–Crippen MR) is 96.1 cm³/mol. The summed E-state index contributed by atoms with van der Waals surface area (Å²) in [6, 6.07) is 6.18. The molecule has 2 fully saturated rings. The number of likely N-dealkylation sites (N-methyl/N-ethyl adjacent to an activating group) is 1. The van der Waals surface area contributed by atoms with E-state index in [2.05, 4.69) is 17.0 Å². The van der Waals surface area contributed by atoms with Gasteiger partial charge in [0, 0.05) is 44.2 Å². The van der Waals surface area contributed by atoms with E-state index in [0.29, 0.717) is 11.5 Å². The highest BCUT2D eigenvalue weighted by Crippen LogP contribution is 2.46. The molecule has 1 atom stereocenters. The van der Waals surface area contributed by atoms with E-state index in [0.717, 1.165) is 43.3 Å². The number of ether oxygens (including phenoxy) is 3. The number of carbonyl (C=O) groups is 1. The van der Waals surface area contributed by atoms with E-state index in [1.807, 2.05) is 17.8 Å². The van der Waals surface area contributed by atoms with Gasteiger partial charge in [0.2, 0.25) is 12.7 Å². The number of hydrogen-bond donors (Lipinski definition) is 0. The van der Waals surface area contributed by atoms with Crippen LogP contribution in [0.1, 0.15) is 12.0 Å². The molecular weight excluding hydrogens is 340 g/mol. The highest BCUT2D eigenvalue weighted by molar-refractivity contribution is 8.01. The molecule has 3 heterocycles. The zero-order chi connectivity index (χ0) is 17.4. The van der Waals surface area contributed by atoms with Gasteiger partial charge in [-0.15, -0.1) is 11.8 Å². The Kier molecular flexibility index (Phi) is 4.56. The van der Waals surface area contributed by atoms with Crippen LogP contribution < -0.4 is 9.47 Å². The number of likely N-dealkylation sites (tertiary alicyclic amines) is 1. The minimum atomic E-state index is 0.0315. The molecule has 136 valence electrons. The van der Waals surface area contributed by atoms with Gasteiger partial charge in [0.15, 0.2) is 11.5 Å². The summed E-state index contributed by atoms with van der Waals surface area (Å²) in [6.07, 6.45) is 1.23. The van der Waals surface area contributed by atoms with Crippen molar-refractivity contribution < 1.29 is 19.0 Å². The molecule has 0 aromatic heterocycles. The van der Waals surface area contributed by atoms with Gasteiger partial charge in [0.1, 0.15) is 6.61 Å². The first kappa shape index (κ1) is 17.0. The average Bonchev–Trinajstić information content (AvgIpc) is 3.18. The van der Waals surface area contributed by atoms with Crippen LogP contribution in [-0.2, 0) is 16.1 Å². The first-order valence-electron chi connectivity index (χ1n) is 8.60. The molecule has 3 aliphatic rings. The Balaban J connectivity index is 1.24. The molecule has 0 unspecified atom stereocenters. The number of rotatable bonds is 5. The number of thioether (sulfide) groups is 1. The van der Waals surface area contributed by atoms with Crippen molar-refractivity contribution >= 4 is 17.7 Å². The van der Waals surface area contributed by atoms with E-state index in [-0.39, 0.29) is 18.6 Å². The Hall–Kier alpha value is -1.44. The molecule has 0 aliphatic carbocycles. The van der Waals surface area contributed by atoms with Gasteiger partial charge in [0.05, 0.1) is 6.10 Å². The number of benzene rings is 1. The van der Waals surface area contributed by atoms with Crippen molar-refractivity contribution in [2.75, 3.05) is 46.3 Å². The average molecular weight is 364 g/mol. The summed E-state index contributed by atoms with van der Waals surface area (Å²) in [5.74, 6) is 2.70. The van der Waals surface area contributed by atoms with Crippen LogP contribution in [0.4, 0.5) is 0 Å². The van der Waals surface area contributed by atoms with Gasteiger partial charge < -0.3 is 19.1 Å². The number of nitrogens with zero attached hydrogens (tertiary/aromatic N) is 2. The van der Waals surface area contributed by atoms with Gasteiger partial charge in [-0.25, -0.2) is 0 Å². The Morgan fingerprint density at radius 2 is 2.16 bits per heavy atom. The fourth-order valence-electron chi connectivity index (χ4n) is 3.63. The smallest absolute Gasteiger partial charge is 0.248 e. The van der Waals surface area contributed by atoms with E-state index in [1.165, 1.54) is 5.56 Å². The predicted octanol–water partition coefficient (Wildman–Crippen LogP) is 1.58. The summed E-state index contributed by atoms with van der Waals surface area (Å²) in [7, 11) is 3.52. The van der Waals surface area contributed by atoms with E-state index >= 15 is 0 Å². The van der Waals surface area contributed by atoms with Crippen LogP contribution in [0.5, 0.6) is 11.5 Å². The lowest BCUT2D eigenvalue weighted by Gasteiger charge is -2.47. The lowest BCUT2D eigenvalue weighted by Crippen LogP contribution is -2.58. The first-order valence-corrected chi connectivity index (χ1v) is 9.58. The highest BCUT2D eigenvalue weighted by Gasteiger charge is 2.49.